The smallest absolute Gasteiger partial charge is 0.336 e. The summed E-state index contributed by atoms with van der Waals surface area (Å²) in [5.74, 6) is -0.926. The molecule has 0 saturated carbocycles. The predicted octanol–water partition coefficient (Wildman–Crippen LogP) is 1.78. The number of hydrogen-bond acceptors (Lipinski definition) is 5. The topological polar surface area (TPSA) is 113 Å². The SMILES string of the molecule is Cc1cc(=O)oc2cc(NC(=O)[C@@H]([NH3+])CC(=O)OCc3ccccc3)ccc12. The lowest BCUT2D eigenvalue weighted by Crippen LogP contribution is -2.67. The number of esters is 1. The van der Waals surface area contributed by atoms with E-state index in [1.165, 1.54) is 6.07 Å². The second kappa shape index (κ2) is 8.49. The molecule has 0 fully saturated rings. The van der Waals surface area contributed by atoms with Crippen molar-refractivity contribution in [2.45, 2.75) is 26.0 Å². The predicted molar refractivity (Wildman–Crippen MR) is 103 cm³/mol. The summed E-state index contributed by atoms with van der Waals surface area (Å²) < 4.78 is 10.3. The van der Waals surface area contributed by atoms with Gasteiger partial charge < -0.3 is 20.2 Å². The number of ether oxygens (including phenoxy) is 1. The Morgan fingerprint density at radius 2 is 1.89 bits per heavy atom. The van der Waals surface area contributed by atoms with Crippen molar-refractivity contribution in [2.75, 3.05) is 5.32 Å². The monoisotopic (exact) mass is 381 g/mol. The number of carbonyl (C=O) groups excluding carboxylic acids is 2. The van der Waals surface area contributed by atoms with Crippen molar-refractivity contribution in [3.05, 3.63) is 76.1 Å². The number of benzene rings is 2. The minimum Gasteiger partial charge on any atom is -0.461 e. The lowest BCUT2D eigenvalue weighted by Gasteiger charge is -2.10. The molecule has 1 aromatic heterocycles. The number of amides is 1. The maximum atomic E-state index is 12.3. The van der Waals surface area contributed by atoms with Crippen LogP contribution in [0.3, 0.4) is 0 Å². The molecule has 28 heavy (non-hydrogen) atoms. The molecule has 7 heteroatoms. The van der Waals surface area contributed by atoms with E-state index in [-0.39, 0.29) is 13.0 Å². The van der Waals surface area contributed by atoms with Gasteiger partial charge >= 0.3 is 11.6 Å². The molecule has 0 bridgehead atoms. The van der Waals surface area contributed by atoms with E-state index in [2.05, 4.69) is 11.1 Å². The summed E-state index contributed by atoms with van der Waals surface area (Å²) in [6, 6.07) is 14.9. The first-order valence-corrected chi connectivity index (χ1v) is 8.80. The summed E-state index contributed by atoms with van der Waals surface area (Å²) in [6.07, 6.45) is -0.138. The van der Waals surface area contributed by atoms with Crippen LogP contribution in [0.2, 0.25) is 0 Å². The van der Waals surface area contributed by atoms with E-state index < -0.39 is 23.5 Å². The summed E-state index contributed by atoms with van der Waals surface area (Å²) >= 11 is 0. The highest BCUT2D eigenvalue weighted by molar-refractivity contribution is 5.97. The van der Waals surface area contributed by atoms with Gasteiger partial charge in [-0.2, -0.15) is 0 Å². The molecule has 0 saturated heterocycles. The van der Waals surface area contributed by atoms with Crippen LogP contribution in [-0.2, 0) is 20.9 Å². The van der Waals surface area contributed by atoms with Gasteiger partial charge in [-0.05, 0) is 30.2 Å². The molecule has 0 spiro atoms. The lowest BCUT2D eigenvalue weighted by molar-refractivity contribution is -0.402. The molecular weight excluding hydrogens is 360 g/mol. The van der Waals surface area contributed by atoms with E-state index in [0.717, 1.165) is 16.5 Å². The largest absolute Gasteiger partial charge is 0.461 e. The van der Waals surface area contributed by atoms with Gasteiger partial charge in [-0.1, -0.05) is 30.3 Å². The molecule has 0 unspecified atom stereocenters. The third-order valence-electron chi connectivity index (χ3n) is 4.25. The van der Waals surface area contributed by atoms with Crippen LogP contribution < -0.4 is 16.7 Å². The van der Waals surface area contributed by atoms with Crippen molar-refractivity contribution in [2.24, 2.45) is 0 Å². The van der Waals surface area contributed by atoms with Gasteiger partial charge in [-0.15, -0.1) is 0 Å². The second-order valence-corrected chi connectivity index (χ2v) is 6.50. The van der Waals surface area contributed by atoms with Crippen molar-refractivity contribution >= 4 is 28.5 Å². The van der Waals surface area contributed by atoms with Crippen LogP contribution in [0.15, 0.2) is 63.8 Å². The van der Waals surface area contributed by atoms with E-state index in [1.807, 2.05) is 37.3 Å². The first kappa shape index (κ1) is 19.3. The number of fused-ring (bicyclic) bond motifs is 1. The van der Waals surface area contributed by atoms with E-state index >= 15 is 0 Å². The minimum absolute atomic E-state index is 0.138. The maximum Gasteiger partial charge on any atom is 0.336 e. The molecule has 1 atom stereocenters. The number of hydrogen-bond donors (Lipinski definition) is 2. The van der Waals surface area contributed by atoms with E-state index in [1.54, 1.807) is 18.2 Å². The summed E-state index contributed by atoms with van der Waals surface area (Å²) in [6.45, 7) is 1.96. The van der Waals surface area contributed by atoms with Gasteiger partial charge in [0, 0.05) is 23.2 Å². The Morgan fingerprint density at radius 3 is 2.64 bits per heavy atom. The highest BCUT2D eigenvalue weighted by Gasteiger charge is 2.22. The zero-order valence-corrected chi connectivity index (χ0v) is 15.4. The summed E-state index contributed by atoms with van der Waals surface area (Å²) in [4.78, 5) is 35.8. The average molecular weight is 381 g/mol. The van der Waals surface area contributed by atoms with Crippen molar-refractivity contribution in [3.63, 3.8) is 0 Å². The molecule has 144 valence electrons. The van der Waals surface area contributed by atoms with E-state index in [0.29, 0.717) is 11.3 Å². The standard InChI is InChI=1S/C21H20N2O5/c1-13-9-20(25)28-18-10-15(7-8-16(13)18)23-21(26)17(22)11-19(24)27-12-14-5-3-2-4-6-14/h2-10,17H,11-12,22H2,1H3,(H,23,26)/p+1/t17-/m0/s1. The number of carbonyl (C=O) groups is 2. The van der Waals surface area contributed by atoms with Crippen LogP contribution in [0.4, 0.5) is 5.69 Å². The molecule has 1 amide bonds. The molecule has 7 nitrogen and oxygen atoms in total. The highest BCUT2D eigenvalue weighted by Crippen LogP contribution is 2.20. The molecule has 2 aromatic carbocycles. The zero-order chi connectivity index (χ0) is 20.1. The quantitative estimate of drug-likeness (QED) is 0.499. The Kier molecular flexibility index (Phi) is 5.86. The number of quaternary nitrogens is 1. The van der Waals surface area contributed by atoms with Gasteiger partial charge in [0.25, 0.3) is 5.91 Å². The van der Waals surface area contributed by atoms with Crippen LogP contribution in [0.5, 0.6) is 0 Å². The first-order valence-electron chi connectivity index (χ1n) is 8.80. The summed E-state index contributed by atoms with van der Waals surface area (Å²) in [7, 11) is 0. The average Bonchev–Trinajstić information content (AvgIpc) is 2.66. The molecule has 1 heterocycles. The van der Waals surface area contributed by atoms with E-state index in [4.69, 9.17) is 9.15 Å². The summed E-state index contributed by atoms with van der Waals surface area (Å²) in [5, 5.41) is 3.47. The maximum absolute atomic E-state index is 12.3. The van der Waals surface area contributed by atoms with Crippen molar-refractivity contribution < 1.29 is 24.5 Å². The van der Waals surface area contributed by atoms with Gasteiger partial charge in [-0.3, -0.25) is 9.59 Å². The van der Waals surface area contributed by atoms with Crippen LogP contribution in [0.1, 0.15) is 17.5 Å². The zero-order valence-electron chi connectivity index (χ0n) is 15.4. The Hall–Kier alpha value is -3.45. The Bertz CT molecular complexity index is 1060. The summed E-state index contributed by atoms with van der Waals surface area (Å²) in [5.41, 5.74) is 5.78. The van der Waals surface area contributed by atoms with Gasteiger partial charge in [-0.25, -0.2) is 4.79 Å². The third kappa shape index (κ3) is 4.83. The molecule has 4 N–H and O–H groups in total. The van der Waals surface area contributed by atoms with Crippen LogP contribution in [0.25, 0.3) is 11.0 Å². The van der Waals surface area contributed by atoms with Crippen molar-refractivity contribution in [1.29, 1.82) is 0 Å². The van der Waals surface area contributed by atoms with Crippen molar-refractivity contribution in [1.82, 2.24) is 0 Å². The third-order valence-corrected chi connectivity index (χ3v) is 4.25. The van der Waals surface area contributed by atoms with Gasteiger partial charge in [0.2, 0.25) is 0 Å². The van der Waals surface area contributed by atoms with Gasteiger partial charge in [0.05, 0.1) is 0 Å². The Labute approximate surface area is 161 Å². The number of anilines is 1. The normalized spacial score (nSPS) is 11.8. The first-order chi connectivity index (χ1) is 13.4. The Balaban J connectivity index is 1.58. The molecule has 0 radical (unpaired) electrons. The van der Waals surface area contributed by atoms with Crippen LogP contribution in [-0.4, -0.2) is 17.9 Å². The van der Waals surface area contributed by atoms with E-state index in [9.17, 15) is 14.4 Å². The fourth-order valence-electron chi connectivity index (χ4n) is 2.74. The minimum atomic E-state index is -0.816. The highest BCUT2D eigenvalue weighted by atomic mass is 16.5. The lowest BCUT2D eigenvalue weighted by atomic mass is 10.1. The van der Waals surface area contributed by atoms with Crippen LogP contribution in [0, 0.1) is 6.92 Å². The molecule has 0 aliphatic rings. The number of rotatable bonds is 6. The Morgan fingerprint density at radius 1 is 1.14 bits per heavy atom. The second-order valence-electron chi connectivity index (χ2n) is 6.50. The molecule has 3 aromatic rings. The number of aryl methyl sites for hydroxylation is 1. The molecular formula is C21H21N2O5+. The number of nitrogens with one attached hydrogen (secondary N) is 1. The molecule has 0 aliphatic heterocycles. The van der Waals surface area contributed by atoms with Crippen molar-refractivity contribution in [3.8, 4) is 0 Å². The van der Waals surface area contributed by atoms with Crippen LogP contribution >= 0.6 is 0 Å². The molecule has 0 aliphatic carbocycles. The fourth-order valence-corrected chi connectivity index (χ4v) is 2.74. The van der Waals surface area contributed by atoms with Gasteiger partial charge in [0.1, 0.15) is 18.6 Å². The fraction of sp³-hybridized carbons (Fsp3) is 0.190. The van der Waals surface area contributed by atoms with Gasteiger partial charge in [0.15, 0.2) is 6.04 Å². The molecule has 3 rings (SSSR count).